The van der Waals surface area contributed by atoms with Gasteiger partial charge in [0.15, 0.2) is 0 Å². The molecule has 3 aromatic heterocycles. The molecule has 5 nitrogen and oxygen atoms in total. The Kier molecular flexibility index (Phi) is 6.79. The van der Waals surface area contributed by atoms with Gasteiger partial charge in [-0.15, -0.1) is 0 Å². The van der Waals surface area contributed by atoms with E-state index < -0.39 is 0 Å². The zero-order chi connectivity index (χ0) is 37.5. The van der Waals surface area contributed by atoms with E-state index in [4.69, 9.17) is 0 Å². The summed E-state index contributed by atoms with van der Waals surface area (Å²) in [5.41, 5.74) is 11.0. The molecule has 0 amide bonds. The SMILES string of the molecule is N#Cc1cc(-c2cc(F)cc(-n3c4ccccc4c4cc(-n5c6ccccc6c6ccccc65)ccc43)c2)cc(-n2c3ccccc3c3cc(C#N)ccc32)c1. The number of rotatable bonds is 4. The van der Waals surface area contributed by atoms with E-state index in [0.29, 0.717) is 27.9 Å². The molecule has 260 valence electrons. The Balaban J connectivity index is 1.10. The van der Waals surface area contributed by atoms with Crippen LogP contribution in [-0.2, 0) is 0 Å². The topological polar surface area (TPSA) is 62.4 Å². The predicted molar refractivity (Wildman–Crippen MR) is 224 cm³/mol. The lowest BCUT2D eigenvalue weighted by Gasteiger charge is -2.14. The van der Waals surface area contributed by atoms with E-state index in [0.717, 1.165) is 66.0 Å². The average molecular weight is 718 g/mol. The highest BCUT2D eigenvalue weighted by atomic mass is 19.1. The number of nitriles is 2. The van der Waals surface area contributed by atoms with E-state index >= 15 is 4.39 Å². The second-order valence-corrected chi connectivity index (χ2v) is 14.2. The lowest BCUT2D eigenvalue weighted by atomic mass is 10.0. The maximum atomic E-state index is 16.0. The van der Waals surface area contributed by atoms with Crippen LogP contribution >= 0.6 is 0 Å². The molecule has 56 heavy (non-hydrogen) atoms. The van der Waals surface area contributed by atoms with Crippen LogP contribution < -0.4 is 0 Å². The van der Waals surface area contributed by atoms with Crippen molar-refractivity contribution in [3.63, 3.8) is 0 Å². The number of hydrogen-bond acceptors (Lipinski definition) is 2. The van der Waals surface area contributed by atoms with E-state index in [1.54, 1.807) is 6.07 Å². The summed E-state index contributed by atoms with van der Waals surface area (Å²) in [7, 11) is 0. The molecular weight excluding hydrogens is 690 g/mol. The number of benzene rings is 8. The molecule has 8 aromatic carbocycles. The van der Waals surface area contributed by atoms with Crippen LogP contribution in [0.25, 0.3) is 93.6 Å². The molecule has 0 fully saturated rings. The van der Waals surface area contributed by atoms with Crippen LogP contribution in [0.2, 0.25) is 0 Å². The first-order valence-electron chi connectivity index (χ1n) is 18.4. The van der Waals surface area contributed by atoms with E-state index in [1.807, 2.05) is 78.9 Å². The van der Waals surface area contributed by atoms with Gasteiger partial charge in [-0.2, -0.15) is 10.5 Å². The molecule has 0 unspecified atom stereocenters. The van der Waals surface area contributed by atoms with Gasteiger partial charge >= 0.3 is 0 Å². The van der Waals surface area contributed by atoms with Gasteiger partial charge in [-0.1, -0.05) is 72.8 Å². The van der Waals surface area contributed by atoms with Gasteiger partial charge in [0, 0.05) is 49.4 Å². The maximum Gasteiger partial charge on any atom is 0.125 e. The monoisotopic (exact) mass is 717 g/mol. The van der Waals surface area contributed by atoms with Crippen molar-refractivity contribution in [2.75, 3.05) is 0 Å². The smallest absolute Gasteiger partial charge is 0.125 e. The largest absolute Gasteiger partial charge is 0.309 e. The van der Waals surface area contributed by atoms with Crippen LogP contribution in [0.15, 0.2) is 170 Å². The van der Waals surface area contributed by atoms with Crippen LogP contribution in [0, 0.1) is 28.5 Å². The molecule has 6 heteroatoms. The van der Waals surface area contributed by atoms with E-state index in [-0.39, 0.29) is 5.82 Å². The Morgan fingerprint density at radius 1 is 0.339 bits per heavy atom. The van der Waals surface area contributed by atoms with E-state index in [2.05, 4.69) is 105 Å². The lowest BCUT2D eigenvalue weighted by Crippen LogP contribution is -1.98. The molecule has 0 N–H and O–H groups in total. The highest BCUT2D eigenvalue weighted by Gasteiger charge is 2.19. The summed E-state index contributed by atoms with van der Waals surface area (Å²) in [4.78, 5) is 0. The van der Waals surface area contributed by atoms with Crippen LogP contribution in [0.1, 0.15) is 11.1 Å². The fraction of sp³-hybridized carbons (Fsp3) is 0. The molecule has 0 spiro atoms. The minimum atomic E-state index is -0.380. The second-order valence-electron chi connectivity index (χ2n) is 14.2. The number of fused-ring (bicyclic) bond motifs is 9. The number of halogens is 1. The average Bonchev–Trinajstić information content (AvgIpc) is 3.88. The van der Waals surface area contributed by atoms with Gasteiger partial charge in [0.25, 0.3) is 0 Å². The van der Waals surface area contributed by atoms with Gasteiger partial charge < -0.3 is 13.7 Å². The van der Waals surface area contributed by atoms with Crippen molar-refractivity contribution < 1.29 is 4.39 Å². The number of para-hydroxylation sites is 4. The molecule has 0 aliphatic rings. The van der Waals surface area contributed by atoms with Gasteiger partial charge in [0.1, 0.15) is 5.82 Å². The van der Waals surface area contributed by atoms with Gasteiger partial charge in [0.2, 0.25) is 0 Å². The Hall–Kier alpha value is -7.93. The maximum absolute atomic E-state index is 16.0. The van der Waals surface area contributed by atoms with Crippen LogP contribution in [0.4, 0.5) is 4.39 Å². The van der Waals surface area contributed by atoms with Crippen LogP contribution in [0.5, 0.6) is 0 Å². The first-order valence-corrected chi connectivity index (χ1v) is 18.4. The third kappa shape index (κ3) is 4.64. The Labute approximate surface area is 320 Å². The van der Waals surface area contributed by atoms with Crippen molar-refractivity contribution in [1.29, 1.82) is 10.5 Å². The van der Waals surface area contributed by atoms with Gasteiger partial charge in [-0.3, -0.25) is 0 Å². The molecule has 0 atom stereocenters. The zero-order valence-corrected chi connectivity index (χ0v) is 29.8. The number of aromatic nitrogens is 3. The summed E-state index contributed by atoms with van der Waals surface area (Å²) in [5, 5.41) is 26.4. The summed E-state index contributed by atoms with van der Waals surface area (Å²) >= 11 is 0. The standard InChI is InChI=1S/C50H28FN5/c51-35-24-34(33-21-32(30-53)22-37(25-33)55-47-15-7-3-11-41(47)43-23-31(29-52)17-19-49(43)55)26-38(27-35)56-48-16-8-4-12-42(48)44-28-36(18-20-50(44)56)54-45-13-5-1-9-39(45)40-10-2-6-14-46(40)54/h1-28H. The molecule has 0 saturated carbocycles. The van der Waals surface area contributed by atoms with E-state index in [9.17, 15) is 10.5 Å². The molecular formula is C50H28FN5. The fourth-order valence-electron chi connectivity index (χ4n) is 8.74. The minimum Gasteiger partial charge on any atom is -0.309 e. The highest BCUT2D eigenvalue weighted by molar-refractivity contribution is 6.13. The summed E-state index contributed by atoms with van der Waals surface area (Å²) in [6.45, 7) is 0. The van der Waals surface area contributed by atoms with E-state index in [1.165, 1.54) is 16.8 Å². The third-order valence-electron chi connectivity index (χ3n) is 11.1. The Morgan fingerprint density at radius 3 is 1.32 bits per heavy atom. The molecule has 0 aliphatic heterocycles. The quantitative estimate of drug-likeness (QED) is 0.182. The summed E-state index contributed by atoms with van der Waals surface area (Å²) in [6.07, 6.45) is 0. The predicted octanol–water partition coefficient (Wildman–Crippen LogP) is 12.5. The van der Waals surface area contributed by atoms with Gasteiger partial charge in [-0.25, -0.2) is 4.39 Å². The fourth-order valence-corrected chi connectivity index (χ4v) is 8.74. The van der Waals surface area contributed by atoms with Gasteiger partial charge in [-0.05, 0) is 108 Å². The molecule has 0 aliphatic carbocycles. The van der Waals surface area contributed by atoms with Gasteiger partial charge in [0.05, 0.1) is 56.4 Å². The van der Waals surface area contributed by atoms with Crippen molar-refractivity contribution in [3.8, 4) is 40.3 Å². The van der Waals surface area contributed by atoms with Crippen molar-refractivity contribution in [1.82, 2.24) is 13.7 Å². The van der Waals surface area contributed by atoms with Crippen LogP contribution in [0.3, 0.4) is 0 Å². The highest BCUT2D eigenvalue weighted by Crippen LogP contribution is 2.39. The number of hydrogen-bond donors (Lipinski definition) is 0. The summed E-state index contributed by atoms with van der Waals surface area (Å²) < 4.78 is 22.5. The first-order chi connectivity index (χ1) is 27.6. The third-order valence-corrected chi connectivity index (χ3v) is 11.1. The normalized spacial score (nSPS) is 11.6. The zero-order valence-electron chi connectivity index (χ0n) is 29.8. The first kappa shape index (κ1) is 31.6. The molecule has 11 aromatic rings. The van der Waals surface area contributed by atoms with Crippen molar-refractivity contribution in [2.45, 2.75) is 0 Å². The number of nitrogens with zero attached hydrogens (tertiary/aromatic N) is 5. The van der Waals surface area contributed by atoms with Crippen molar-refractivity contribution in [3.05, 3.63) is 187 Å². The van der Waals surface area contributed by atoms with Crippen molar-refractivity contribution in [2.24, 2.45) is 0 Å². The van der Waals surface area contributed by atoms with Crippen LogP contribution in [-0.4, -0.2) is 13.7 Å². The molecule has 11 rings (SSSR count). The molecule has 0 radical (unpaired) electrons. The minimum absolute atomic E-state index is 0.380. The Morgan fingerprint density at radius 2 is 0.768 bits per heavy atom. The molecule has 0 bridgehead atoms. The molecule has 0 saturated heterocycles. The second kappa shape index (κ2) is 12.0. The summed E-state index contributed by atoms with van der Waals surface area (Å²) in [5.74, 6) is -0.380. The lowest BCUT2D eigenvalue weighted by molar-refractivity contribution is 0.627. The van der Waals surface area contributed by atoms with Crippen molar-refractivity contribution >= 4 is 65.4 Å². The molecule has 3 heterocycles. The summed E-state index contributed by atoms with van der Waals surface area (Å²) in [6, 6.07) is 60.8. The Bertz CT molecular complexity index is 3480.